The van der Waals surface area contributed by atoms with Gasteiger partial charge in [0, 0.05) is 11.7 Å². The van der Waals surface area contributed by atoms with Crippen LogP contribution in [0.15, 0.2) is 30.3 Å². The average Bonchev–Trinajstić information content (AvgIpc) is 2.38. The molecule has 0 spiro atoms. The SMILES string of the molecule is COc1ccc(C2=CC(C(C)(C)C)O[SiH-]O2)cc1. The molecule has 1 atom stereocenters. The van der Waals surface area contributed by atoms with Crippen LogP contribution in [0.1, 0.15) is 26.3 Å². The molecule has 0 saturated heterocycles. The van der Waals surface area contributed by atoms with E-state index in [0.717, 1.165) is 17.1 Å². The van der Waals surface area contributed by atoms with E-state index in [4.69, 9.17) is 13.6 Å². The summed E-state index contributed by atoms with van der Waals surface area (Å²) in [6, 6.07) is 7.90. The predicted molar refractivity (Wildman–Crippen MR) is 73.5 cm³/mol. The Morgan fingerprint density at radius 1 is 1.17 bits per heavy atom. The molecule has 1 unspecified atom stereocenters. The summed E-state index contributed by atoms with van der Waals surface area (Å²) in [5.41, 5.74) is 1.16. The molecule has 1 aromatic rings. The fourth-order valence-electron chi connectivity index (χ4n) is 1.73. The third-order valence-corrected chi connectivity index (χ3v) is 3.66. The van der Waals surface area contributed by atoms with Crippen molar-refractivity contribution in [3.63, 3.8) is 0 Å². The van der Waals surface area contributed by atoms with Crippen LogP contribution in [0.4, 0.5) is 0 Å². The molecular weight excluding hydrogens is 244 g/mol. The Balaban J connectivity index is 2.23. The maximum absolute atomic E-state index is 5.70. The van der Waals surface area contributed by atoms with E-state index in [1.807, 2.05) is 24.3 Å². The molecule has 1 heterocycles. The number of hydrogen-bond acceptors (Lipinski definition) is 3. The first-order chi connectivity index (χ1) is 8.50. The van der Waals surface area contributed by atoms with E-state index in [2.05, 4.69) is 26.8 Å². The van der Waals surface area contributed by atoms with Gasteiger partial charge in [-0.2, -0.15) is 0 Å². The zero-order valence-electron chi connectivity index (χ0n) is 11.3. The molecule has 1 aliphatic heterocycles. The number of hydrogen-bond donors (Lipinski definition) is 0. The van der Waals surface area contributed by atoms with Gasteiger partial charge in [-0.3, -0.25) is 0 Å². The highest BCUT2D eigenvalue weighted by Gasteiger charge is 2.23. The van der Waals surface area contributed by atoms with Crippen molar-refractivity contribution in [1.29, 1.82) is 0 Å². The molecule has 0 fully saturated rings. The van der Waals surface area contributed by atoms with Gasteiger partial charge >= 0.3 is 0 Å². The zero-order chi connectivity index (χ0) is 13.2. The van der Waals surface area contributed by atoms with Gasteiger partial charge in [0.05, 0.1) is 22.9 Å². The van der Waals surface area contributed by atoms with Gasteiger partial charge in [0.15, 0.2) is 0 Å². The molecule has 18 heavy (non-hydrogen) atoms. The first-order valence-corrected chi connectivity index (χ1v) is 6.95. The zero-order valence-corrected chi connectivity index (χ0v) is 12.4. The Morgan fingerprint density at radius 3 is 2.39 bits per heavy atom. The minimum atomic E-state index is -0.433. The highest BCUT2D eigenvalue weighted by atomic mass is 28.3. The molecule has 1 aromatic carbocycles. The molecule has 0 N–H and O–H groups in total. The van der Waals surface area contributed by atoms with Crippen LogP contribution in [0.25, 0.3) is 5.76 Å². The van der Waals surface area contributed by atoms with E-state index in [1.54, 1.807) is 7.11 Å². The lowest BCUT2D eigenvalue weighted by Crippen LogP contribution is -2.32. The highest BCUT2D eigenvalue weighted by Crippen LogP contribution is 2.30. The van der Waals surface area contributed by atoms with Crippen LogP contribution >= 0.6 is 0 Å². The lowest BCUT2D eigenvalue weighted by atomic mass is 9.88. The summed E-state index contributed by atoms with van der Waals surface area (Å²) in [4.78, 5) is 0. The third kappa shape index (κ3) is 2.94. The number of ether oxygens (including phenoxy) is 1. The molecule has 3 nitrogen and oxygen atoms in total. The second kappa shape index (κ2) is 5.16. The van der Waals surface area contributed by atoms with Crippen molar-refractivity contribution in [3.05, 3.63) is 35.9 Å². The topological polar surface area (TPSA) is 27.7 Å². The monoisotopic (exact) mass is 263 g/mol. The van der Waals surface area contributed by atoms with Crippen LogP contribution in [0, 0.1) is 5.41 Å². The molecule has 4 heteroatoms. The maximum Gasteiger partial charge on any atom is 0.118 e. The Bertz CT molecular complexity index is 431. The Hall–Kier alpha value is -1.26. The quantitative estimate of drug-likeness (QED) is 0.768. The third-order valence-electron chi connectivity index (χ3n) is 2.91. The van der Waals surface area contributed by atoms with Crippen LogP contribution in [0.5, 0.6) is 5.75 Å². The van der Waals surface area contributed by atoms with Crippen LogP contribution < -0.4 is 4.74 Å². The predicted octanol–water partition coefficient (Wildman–Crippen LogP) is 2.76. The summed E-state index contributed by atoms with van der Waals surface area (Å²) in [6.07, 6.45) is 2.18. The summed E-state index contributed by atoms with van der Waals surface area (Å²) >= 11 is 0. The number of methoxy groups -OCH3 is 1. The first-order valence-electron chi connectivity index (χ1n) is 6.01. The fourth-order valence-corrected chi connectivity index (χ4v) is 2.71. The number of rotatable bonds is 2. The molecule has 0 aromatic heterocycles. The smallest absolute Gasteiger partial charge is 0.118 e. The summed E-state index contributed by atoms with van der Waals surface area (Å²) in [6.45, 7) is 6.51. The van der Waals surface area contributed by atoms with Crippen LogP contribution in [0.3, 0.4) is 0 Å². The van der Waals surface area contributed by atoms with Crippen LogP contribution in [-0.2, 0) is 8.85 Å². The van der Waals surface area contributed by atoms with Gasteiger partial charge < -0.3 is 13.6 Å². The van der Waals surface area contributed by atoms with Crippen molar-refractivity contribution in [2.75, 3.05) is 7.11 Å². The highest BCUT2D eigenvalue weighted by molar-refractivity contribution is 6.21. The van der Waals surface area contributed by atoms with Gasteiger partial charge in [0.1, 0.15) is 5.75 Å². The van der Waals surface area contributed by atoms with E-state index in [0.29, 0.717) is 0 Å². The molecule has 0 saturated carbocycles. The van der Waals surface area contributed by atoms with E-state index in [9.17, 15) is 0 Å². The van der Waals surface area contributed by atoms with Crippen LogP contribution in [0.2, 0.25) is 0 Å². The minimum Gasteiger partial charge on any atom is -0.688 e. The van der Waals surface area contributed by atoms with Crippen molar-refractivity contribution >= 4 is 15.8 Å². The standard InChI is InChI=1S/C14H19O3Si/c1-14(2,3)13-9-12(16-18-17-13)10-5-7-11(15-4)8-6-10/h5-9,13,18H,1-4H3/q-1. The Morgan fingerprint density at radius 2 is 1.83 bits per heavy atom. The van der Waals surface area contributed by atoms with Crippen molar-refractivity contribution in [3.8, 4) is 5.75 Å². The maximum atomic E-state index is 5.70. The van der Waals surface area contributed by atoms with Crippen molar-refractivity contribution < 1.29 is 13.6 Å². The fraction of sp³-hybridized carbons (Fsp3) is 0.429. The molecule has 0 bridgehead atoms. The van der Waals surface area contributed by atoms with Crippen molar-refractivity contribution in [2.24, 2.45) is 5.41 Å². The van der Waals surface area contributed by atoms with E-state index in [1.165, 1.54) is 0 Å². The van der Waals surface area contributed by atoms with E-state index >= 15 is 0 Å². The summed E-state index contributed by atoms with van der Waals surface area (Å²) in [7, 11) is 1.23. The molecular formula is C14H19O3Si-. The van der Waals surface area contributed by atoms with E-state index < -0.39 is 10.0 Å². The summed E-state index contributed by atoms with van der Waals surface area (Å²) in [5, 5.41) is 0. The second-order valence-corrected chi connectivity index (χ2v) is 6.10. The molecule has 0 aliphatic carbocycles. The van der Waals surface area contributed by atoms with Gasteiger partial charge in [-0.25, -0.2) is 0 Å². The van der Waals surface area contributed by atoms with Gasteiger partial charge in [-0.05, 0) is 35.8 Å². The molecule has 2 rings (SSSR count). The lowest BCUT2D eigenvalue weighted by Gasteiger charge is -2.39. The Labute approximate surface area is 111 Å². The summed E-state index contributed by atoms with van der Waals surface area (Å²) < 4.78 is 16.5. The largest absolute Gasteiger partial charge is 0.688 e. The molecule has 1 aliphatic rings. The van der Waals surface area contributed by atoms with Gasteiger partial charge in [0.2, 0.25) is 0 Å². The first kappa shape index (κ1) is 13.2. The van der Waals surface area contributed by atoms with Crippen molar-refractivity contribution in [1.82, 2.24) is 0 Å². The normalized spacial score (nSPS) is 20.0. The van der Waals surface area contributed by atoms with Crippen LogP contribution in [-0.4, -0.2) is 23.2 Å². The molecule has 0 radical (unpaired) electrons. The van der Waals surface area contributed by atoms with Gasteiger partial charge in [0.25, 0.3) is 0 Å². The second-order valence-electron chi connectivity index (χ2n) is 5.40. The molecule has 98 valence electrons. The van der Waals surface area contributed by atoms with E-state index in [-0.39, 0.29) is 11.5 Å². The summed E-state index contributed by atoms with van der Waals surface area (Å²) in [5.74, 6) is 1.77. The Kier molecular flexibility index (Phi) is 3.78. The van der Waals surface area contributed by atoms with Gasteiger partial charge in [-0.1, -0.05) is 20.8 Å². The van der Waals surface area contributed by atoms with Gasteiger partial charge in [-0.15, -0.1) is 0 Å². The minimum absolute atomic E-state index is 0.0918. The van der Waals surface area contributed by atoms with Crippen molar-refractivity contribution in [2.45, 2.75) is 26.9 Å². The number of benzene rings is 1. The lowest BCUT2D eigenvalue weighted by molar-refractivity contribution is 0.104. The average molecular weight is 263 g/mol. The molecule has 0 amide bonds.